The molecule has 0 saturated carbocycles. The molecule has 4 aromatic rings. The van der Waals surface area contributed by atoms with Crippen molar-refractivity contribution in [1.82, 2.24) is 9.97 Å². The van der Waals surface area contributed by atoms with Gasteiger partial charge < -0.3 is 24.8 Å². The van der Waals surface area contributed by atoms with E-state index in [-0.39, 0.29) is 11.3 Å². The number of nitrogens with one attached hydrogen (secondary N) is 3. The van der Waals surface area contributed by atoms with Crippen LogP contribution in [-0.4, -0.2) is 28.5 Å². The Morgan fingerprint density at radius 1 is 0.935 bits per heavy atom. The highest BCUT2D eigenvalue weighted by atomic mass is 79.9. The highest BCUT2D eigenvalue weighted by Crippen LogP contribution is 2.27. The van der Waals surface area contributed by atoms with Crippen LogP contribution in [0.25, 0.3) is 11.0 Å². The van der Waals surface area contributed by atoms with E-state index in [1.165, 1.54) is 0 Å². The number of hydrogen-bond acceptors (Lipinski definition) is 5. The van der Waals surface area contributed by atoms with Crippen LogP contribution < -0.4 is 15.7 Å². The fourth-order valence-electron chi connectivity index (χ4n) is 2.89. The van der Waals surface area contributed by atoms with Gasteiger partial charge in [-0.15, -0.1) is 0 Å². The zero-order valence-corrected chi connectivity index (χ0v) is 17.6. The third-order valence-electron chi connectivity index (χ3n) is 4.29. The Morgan fingerprint density at radius 3 is 2.39 bits per heavy atom. The predicted octanol–water partition coefficient (Wildman–Crippen LogP) is 4.21. The summed E-state index contributed by atoms with van der Waals surface area (Å²) in [5, 5.41) is 2.64. The van der Waals surface area contributed by atoms with Crippen LogP contribution in [0.5, 0.6) is 11.5 Å². The van der Waals surface area contributed by atoms with Crippen LogP contribution in [-0.2, 0) is 9.53 Å². The van der Waals surface area contributed by atoms with Crippen molar-refractivity contribution in [3.8, 4) is 11.5 Å². The van der Waals surface area contributed by atoms with Crippen molar-refractivity contribution in [1.29, 1.82) is 0 Å². The molecule has 0 spiro atoms. The first kappa shape index (κ1) is 20.4. The smallest absolute Gasteiger partial charge is 0.342 e. The largest absolute Gasteiger partial charge is 0.456 e. The number of rotatable bonds is 6. The second-order valence-corrected chi connectivity index (χ2v) is 7.35. The van der Waals surface area contributed by atoms with E-state index in [9.17, 15) is 14.4 Å². The molecule has 3 aromatic carbocycles. The molecule has 1 aromatic heterocycles. The van der Waals surface area contributed by atoms with E-state index in [1.807, 2.05) is 18.2 Å². The zero-order valence-electron chi connectivity index (χ0n) is 16.0. The molecule has 156 valence electrons. The number of carbonyl (C=O) groups is 2. The number of halogens is 1. The predicted molar refractivity (Wildman–Crippen MR) is 118 cm³/mol. The molecule has 8 nitrogen and oxygen atoms in total. The molecule has 9 heteroatoms. The van der Waals surface area contributed by atoms with E-state index in [1.54, 1.807) is 48.5 Å². The maximum atomic E-state index is 12.5. The van der Waals surface area contributed by atoms with Crippen LogP contribution >= 0.6 is 15.9 Å². The lowest BCUT2D eigenvalue weighted by Crippen LogP contribution is -2.21. The zero-order chi connectivity index (χ0) is 21.8. The molecule has 0 unspecified atom stereocenters. The van der Waals surface area contributed by atoms with Crippen molar-refractivity contribution >= 4 is 44.5 Å². The van der Waals surface area contributed by atoms with Crippen LogP contribution in [0.2, 0.25) is 0 Å². The number of benzene rings is 3. The number of amides is 1. The average Bonchev–Trinajstić information content (AvgIpc) is 3.12. The molecule has 1 heterocycles. The van der Waals surface area contributed by atoms with Crippen molar-refractivity contribution in [3.05, 3.63) is 87.3 Å². The van der Waals surface area contributed by atoms with Crippen molar-refractivity contribution < 1.29 is 19.1 Å². The highest BCUT2D eigenvalue weighted by Gasteiger charge is 2.16. The van der Waals surface area contributed by atoms with Gasteiger partial charge in [0, 0.05) is 4.47 Å². The molecule has 31 heavy (non-hydrogen) atoms. The summed E-state index contributed by atoms with van der Waals surface area (Å²) in [5.74, 6) is -0.328. The van der Waals surface area contributed by atoms with E-state index in [2.05, 4.69) is 31.2 Å². The number of esters is 1. The van der Waals surface area contributed by atoms with E-state index >= 15 is 0 Å². The van der Waals surface area contributed by atoms with Crippen LogP contribution in [0.3, 0.4) is 0 Å². The molecule has 0 aliphatic rings. The topological polar surface area (TPSA) is 113 Å². The quantitative estimate of drug-likeness (QED) is 0.357. The first-order valence-electron chi connectivity index (χ1n) is 9.20. The maximum Gasteiger partial charge on any atom is 0.342 e. The Morgan fingerprint density at radius 2 is 1.61 bits per heavy atom. The molecule has 0 bridgehead atoms. The summed E-state index contributed by atoms with van der Waals surface area (Å²) in [6.45, 7) is -0.493. The summed E-state index contributed by atoms with van der Waals surface area (Å²) < 4.78 is 11.5. The number of anilines is 1. The van der Waals surface area contributed by atoms with Gasteiger partial charge >= 0.3 is 11.7 Å². The number of H-pyrrole nitrogens is 2. The molecular weight excluding hydrogens is 466 g/mol. The maximum absolute atomic E-state index is 12.5. The molecule has 0 aliphatic heterocycles. The first-order valence-corrected chi connectivity index (χ1v) is 9.99. The molecule has 0 fully saturated rings. The van der Waals surface area contributed by atoms with E-state index in [4.69, 9.17) is 9.47 Å². The van der Waals surface area contributed by atoms with E-state index in [0.717, 1.165) is 0 Å². The Bertz CT molecular complexity index is 1310. The molecule has 0 aliphatic carbocycles. The number of para-hydroxylation sites is 2. The van der Waals surface area contributed by atoms with E-state index < -0.39 is 18.5 Å². The van der Waals surface area contributed by atoms with Crippen LogP contribution in [0, 0.1) is 0 Å². The van der Waals surface area contributed by atoms with Gasteiger partial charge in [-0.05, 0) is 52.3 Å². The number of ether oxygens (including phenoxy) is 2. The van der Waals surface area contributed by atoms with Crippen molar-refractivity contribution in [2.45, 2.75) is 0 Å². The summed E-state index contributed by atoms with van der Waals surface area (Å²) in [6, 6.07) is 18.9. The first-order chi connectivity index (χ1) is 15.0. The highest BCUT2D eigenvalue weighted by molar-refractivity contribution is 9.10. The molecule has 0 saturated heterocycles. The fraction of sp³-hybridized carbons (Fsp3) is 0.0455. The summed E-state index contributed by atoms with van der Waals surface area (Å²) >= 11 is 3.34. The van der Waals surface area contributed by atoms with Gasteiger partial charge in [0.05, 0.1) is 16.7 Å². The lowest BCUT2D eigenvalue weighted by molar-refractivity contribution is -0.119. The third kappa shape index (κ3) is 4.84. The molecule has 3 N–H and O–H groups in total. The standard InChI is InChI=1S/C22H16BrN3O5/c23-15-10-17-18(26-22(29)25-17)11-16(15)24-20(27)12-30-21(28)14-8-4-5-9-19(14)31-13-6-2-1-3-7-13/h1-11H,12H2,(H,24,27)(H2,25,26,29). The van der Waals surface area contributed by atoms with Crippen molar-refractivity contribution in [2.75, 3.05) is 11.9 Å². The van der Waals surface area contributed by atoms with Crippen LogP contribution in [0.1, 0.15) is 10.4 Å². The molecule has 0 atom stereocenters. The van der Waals surface area contributed by atoms with Crippen molar-refractivity contribution in [2.24, 2.45) is 0 Å². The van der Waals surface area contributed by atoms with E-state index in [0.29, 0.717) is 32.7 Å². The lowest BCUT2D eigenvalue weighted by Gasteiger charge is -2.11. The number of aromatic amines is 2. The minimum Gasteiger partial charge on any atom is -0.456 e. The van der Waals surface area contributed by atoms with Gasteiger partial charge in [0.2, 0.25) is 0 Å². The summed E-state index contributed by atoms with van der Waals surface area (Å²) in [4.78, 5) is 41.5. The minimum atomic E-state index is -0.689. The normalized spacial score (nSPS) is 10.6. The molecule has 1 amide bonds. The van der Waals surface area contributed by atoms with Crippen LogP contribution in [0.15, 0.2) is 76.0 Å². The third-order valence-corrected chi connectivity index (χ3v) is 4.95. The molecule has 4 rings (SSSR count). The van der Waals surface area contributed by atoms with Gasteiger partial charge in [-0.25, -0.2) is 9.59 Å². The average molecular weight is 482 g/mol. The lowest BCUT2D eigenvalue weighted by atomic mass is 10.2. The second kappa shape index (κ2) is 8.88. The summed E-state index contributed by atoms with van der Waals surface area (Å²) in [7, 11) is 0. The van der Waals surface area contributed by atoms with Gasteiger partial charge in [0.1, 0.15) is 17.1 Å². The number of aromatic nitrogens is 2. The van der Waals surface area contributed by atoms with Gasteiger partial charge in [-0.1, -0.05) is 30.3 Å². The Balaban J connectivity index is 1.42. The van der Waals surface area contributed by atoms with Gasteiger partial charge in [-0.3, -0.25) is 4.79 Å². The van der Waals surface area contributed by atoms with Gasteiger partial charge in [0.25, 0.3) is 5.91 Å². The van der Waals surface area contributed by atoms with Gasteiger partial charge in [-0.2, -0.15) is 0 Å². The summed E-state index contributed by atoms with van der Waals surface area (Å²) in [5.41, 5.74) is 1.41. The summed E-state index contributed by atoms with van der Waals surface area (Å²) in [6.07, 6.45) is 0. The monoisotopic (exact) mass is 481 g/mol. The Labute approximate surface area is 184 Å². The fourth-order valence-corrected chi connectivity index (χ4v) is 3.33. The number of imidazole rings is 1. The number of fused-ring (bicyclic) bond motifs is 1. The SMILES string of the molecule is O=C(COC(=O)c1ccccc1Oc1ccccc1)Nc1cc2[nH]c(=O)[nH]c2cc1Br. The van der Waals surface area contributed by atoms with Gasteiger partial charge in [0.15, 0.2) is 6.61 Å². The second-order valence-electron chi connectivity index (χ2n) is 6.49. The van der Waals surface area contributed by atoms with Crippen molar-refractivity contribution in [3.63, 3.8) is 0 Å². The number of carbonyl (C=O) groups excluding carboxylic acids is 2. The molecular formula is C22H16BrN3O5. The van der Waals surface area contributed by atoms with Crippen LogP contribution in [0.4, 0.5) is 5.69 Å². The number of hydrogen-bond donors (Lipinski definition) is 3. The minimum absolute atomic E-state index is 0.201. The Hall–Kier alpha value is -3.85. The Kier molecular flexibility index (Phi) is 5.85. The molecule has 0 radical (unpaired) electrons.